The van der Waals surface area contributed by atoms with Gasteiger partial charge < -0.3 is 15.7 Å². The molecule has 0 spiro atoms. The predicted octanol–water partition coefficient (Wildman–Crippen LogP) is 2.57. The summed E-state index contributed by atoms with van der Waals surface area (Å²) in [5.74, 6) is 0.710. The zero-order chi connectivity index (χ0) is 19.5. The van der Waals surface area contributed by atoms with E-state index < -0.39 is 5.60 Å². The molecule has 7 heteroatoms. The number of aryl methyl sites for hydroxylation is 1. The number of rotatable bonds is 7. The average molecular weight is 390 g/mol. The molecular formula is C20H28ClN5O. The standard InChI is InChI=1S/C20H28ClN5O/c1-4-22-18(23-13-19(2,27)16-11-25-26(3)12-16)24-14-20(9-10-20)15-5-7-17(21)8-6-15/h5-8,11-12,27H,4,9-10,13-14H2,1-3H3,(H2,22,23,24). The maximum Gasteiger partial charge on any atom is 0.191 e. The zero-order valence-electron chi connectivity index (χ0n) is 16.2. The van der Waals surface area contributed by atoms with Crippen molar-refractivity contribution in [1.82, 2.24) is 20.4 Å². The van der Waals surface area contributed by atoms with Gasteiger partial charge in [0.1, 0.15) is 5.60 Å². The molecule has 0 bridgehead atoms. The zero-order valence-corrected chi connectivity index (χ0v) is 16.9. The van der Waals surface area contributed by atoms with E-state index in [1.54, 1.807) is 17.8 Å². The summed E-state index contributed by atoms with van der Waals surface area (Å²) in [6.45, 7) is 5.60. The number of benzene rings is 1. The van der Waals surface area contributed by atoms with Crippen LogP contribution in [-0.4, -0.2) is 40.5 Å². The van der Waals surface area contributed by atoms with E-state index in [-0.39, 0.29) is 12.0 Å². The number of aromatic nitrogens is 2. The van der Waals surface area contributed by atoms with Crippen molar-refractivity contribution in [2.75, 3.05) is 19.6 Å². The van der Waals surface area contributed by atoms with Gasteiger partial charge in [-0.25, -0.2) is 4.99 Å². The Morgan fingerprint density at radius 3 is 2.59 bits per heavy atom. The molecule has 1 aromatic carbocycles. The molecule has 1 aliphatic carbocycles. The van der Waals surface area contributed by atoms with E-state index in [0.29, 0.717) is 5.96 Å². The van der Waals surface area contributed by atoms with E-state index in [0.717, 1.165) is 36.5 Å². The Balaban J connectivity index is 1.65. The summed E-state index contributed by atoms with van der Waals surface area (Å²) in [5.41, 5.74) is 1.14. The van der Waals surface area contributed by atoms with Crippen molar-refractivity contribution in [3.05, 3.63) is 52.8 Å². The van der Waals surface area contributed by atoms with Crippen LogP contribution in [0.2, 0.25) is 5.02 Å². The summed E-state index contributed by atoms with van der Waals surface area (Å²) in [7, 11) is 1.83. The van der Waals surface area contributed by atoms with E-state index in [2.05, 4.69) is 32.9 Å². The number of nitrogens with one attached hydrogen (secondary N) is 2. The fraction of sp³-hybridized carbons (Fsp3) is 0.500. The molecule has 146 valence electrons. The highest BCUT2D eigenvalue weighted by Gasteiger charge is 2.44. The number of aliphatic hydroxyl groups is 1. The van der Waals surface area contributed by atoms with E-state index in [1.165, 1.54) is 5.56 Å². The first-order valence-electron chi connectivity index (χ1n) is 9.34. The first-order valence-corrected chi connectivity index (χ1v) is 9.72. The van der Waals surface area contributed by atoms with Crippen LogP contribution in [0.25, 0.3) is 0 Å². The van der Waals surface area contributed by atoms with Crippen molar-refractivity contribution in [2.45, 2.75) is 37.7 Å². The van der Waals surface area contributed by atoms with Gasteiger partial charge in [-0.15, -0.1) is 0 Å². The van der Waals surface area contributed by atoms with Crippen LogP contribution in [0.1, 0.15) is 37.8 Å². The number of hydrogen-bond donors (Lipinski definition) is 3. The Labute approximate surface area is 165 Å². The molecule has 3 rings (SSSR count). The molecule has 1 aliphatic rings. The molecule has 3 N–H and O–H groups in total. The molecule has 0 saturated heterocycles. The van der Waals surface area contributed by atoms with E-state index in [1.807, 2.05) is 32.3 Å². The van der Waals surface area contributed by atoms with Crippen molar-refractivity contribution in [1.29, 1.82) is 0 Å². The van der Waals surface area contributed by atoms with Gasteiger partial charge in [0.15, 0.2) is 5.96 Å². The minimum atomic E-state index is -1.07. The summed E-state index contributed by atoms with van der Waals surface area (Å²) in [6, 6.07) is 8.10. The molecule has 0 radical (unpaired) electrons. The van der Waals surface area contributed by atoms with Gasteiger partial charge in [-0.2, -0.15) is 5.10 Å². The lowest BCUT2D eigenvalue weighted by atomic mass is 9.96. The first kappa shape index (κ1) is 19.7. The Morgan fingerprint density at radius 1 is 1.33 bits per heavy atom. The third-order valence-corrected chi connectivity index (χ3v) is 5.37. The fourth-order valence-electron chi connectivity index (χ4n) is 3.14. The van der Waals surface area contributed by atoms with Crippen LogP contribution in [0.3, 0.4) is 0 Å². The van der Waals surface area contributed by atoms with Crippen molar-refractivity contribution in [2.24, 2.45) is 12.0 Å². The molecule has 1 aromatic heterocycles. The number of nitrogens with zero attached hydrogens (tertiary/aromatic N) is 3. The first-order chi connectivity index (χ1) is 12.8. The van der Waals surface area contributed by atoms with Crippen LogP contribution in [0.15, 0.2) is 41.7 Å². The Hall–Kier alpha value is -2.05. The van der Waals surface area contributed by atoms with Gasteiger partial charge in [-0.1, -0.05) is 23.7 Å². The fourth-order valence-corrected chi connectivity index (χ4v) is 3.27. The van der Waals surface area contributed by atoms with Crippen LogP contribution < -0.4 is 10.6 Å². The van der Waals surface area contributed by atoms with Crippen LogP contribution in [0.4, 0.5) is 0 Å². The van der Waals surface area contributed by atoms with Crippen molar-refractivity contribution >= 4 is 17.6 Å². The smallest absolute Gasteiger partial charge is 0.191 e. The maximum atomic E-state index is 10.7. The molecule has 0 aliphatic heterocycles. The lowest BCUT2D eigenvalue weighted by Crippen LogP contribution is -2.42. The third-order valence-electron chi connectivity index (χ3n) is 5.12. The van der Waals surface area contributed by atoms with Crippen LogP contribution in [0, 0.1) is 0 Å². The van der Waals surface area contributed by atoms with Gasteiger partial charge in [-0.3, -0.25) is 4.68 Å². The minimum absolute atomic E-state index is 0.145. The molecule has 1 heterocycles. The van der Waals surface area contributed by atoms with Crippen molar-refractivity contribution in [3.63, 3.8) is 0 Å². The van der Waals surface area contributed by atoms with Gasteiger partial charge in [0.2, 0.25) is 0 Å². The summed E-state index contributed by atoms with van der Waals surface area (Å²) in [5, 5.41) is 22.3. The molecule has 27 heavy (non-hydrogen) atoms. The highest BCUT2D eigenvalue weighted by atomic mass is 35.5. The largest absolute Gasteiger partial charge is 0.383 e. The monoisotopic (exact) mass is 389 g/mol. The minimum Gasteiger partial charge on any atom is -0.383 e. The second-order valence-electron chi connectivity index (χ2n) is 7.51. The van der Waals surface area contributed by atoms with Gasteiger partial charge in [0.05, 0.1) is 12.7 Å². The molecule has 0 amide bonds. The predicted molar refractivity (Wildman–Crippen MR) is 109 cm³/mol. The van der Waals surface area contributed by atoms with E-state index in [4.69, 9.17) is 11.6 Å². The molecule has 6 nitrogen and oxygen atoms in total. The highest BCUT2D eigenvalue weighted by molar-refractivity contribution is 6.30. The quantitative estimate of drug-likeness (QED) is 0.502. The lowest BCUT2D eigenvalue weighted by Gasteiger charge is -2.22. The molecular weight excluding hydrogens is 362 g/mol. The van der Waals surface area contributed by atoms with E-state index in [9.17, 15) is 5.11 Å². The Bertz CT molecular complexity index is 793. The van der Waals surface area contributed by atoms with Crippen molar-refractivity contribution < 1.29 is 5.11 Å². The van der Waals surface area contributed by atoms with Crippen LogP contribution in [-0.2, 0) is 18.1 Å². The number of aliphatic imine (C=N–C) groups is 1. The average Bonchev–Trinajstić information content (AvgIpc) is 3.30. The number of guanidine groups is 1. The summed E-state index contributed by atoms with van der Waals surface area (Å²) in [6.07, 6.45) is 5.79. The molecule has 1 atom stereocenters. The summed E-state index contributed by atoms with van der Waals surface area (Å²) < 4.78 is 1.68. The second kappa shape index (κ2) is 7.90. The molecule has 1 saturated carbocycles. The number of hydrogen-bond acceptors (Lipinski definition) is 3. The normalized spacial score (nSPS) is 18.0. The Kier molecular flexibility index (Phi) is 5.77. The van der Waals surface area contributed by atoms with Crippen LogP contribution in [0.5, 0.6) is 0 Å². The highest BCUT2D eigenvalue weighted by Crippen LogP contribution is 2.47. The molecule has 1 unspecified atom stereocenters. The summed E-state index contributed by atoms with van der Waals surface area (Å²) >= 11 is 6.01. The van der Waals surface area contributed by atoms with E-state index >= 15 is 0 Å². The van der Waals surface area contributed by atoms with Gasteiger partial charge in [0.25, 0.3) is 0 Å². The van der Waals surface area contributed by atoms with Gasteiger partial charge in [-0.05, 0) is 44.4 Å². The van der Waals surface area contributed by atoms with Crippen molar-refractivity contribution in [3.8, 4) is 0 Å². The van der Waals surface area contributed by atoms with Gasteiger partial charge >= 0.3 is 0 Å². The number of halogens is 1. The van der Waals surface area contributed by atoms with Gasteiger partial charge in [0, 0.05) is 42.3 Å². The maximum absolute atomic E-state index is 10.7. The molecule has 2 aromatic rings. The third kappa shape index (κ3) is 4.82. The summed E-state index contributed by atoms with van der Waals surface area (Å²) in [4.78, 5) is 4.60. The second-order valence-corrected chi connectivity index (χ2v) is 7.95. The SMILES string of the molecule is CCNC(=NCC(C)(O)c1cnn(C)c1)NCC1(c2ccc(Cl)cc2)CC1. The Morgan fingerprint density at radius 2 is 2.04 bits per heavy atom. The lowest BCUT2D eigenvalue weighted by molar-refractivity contribution is 0.0672. The molecule has 1 fully saturated rings. The topological polar surface area (TPSA) is 74.5 Å². The van der Waals surface area contributed by atoms with Crippen LogP contribution >= 0.6 is 11.6 Å².